The van der Waals surface area contributed by atoms with Crippen molar-refractivity contribution in [3.63, 3.8) is 0 Å². The molecule has 0 saturated carbocycles. The van der Waals surface area contributed by atoms with Gasteiger partial charge in [-0.1, -0.05) is 17.3 Å². The molecule has 0 aliphatic heterocycles. The molecule has 0 atom stereocenters. The topological polar surface area (TPSA) is 124 Å². The van der Waals surface area contributed by atoms with Crippen molar-refractivity contribution in [3.05, 3.63) is 54.1 Å². The van der Waals surface area contributed by atoms with Crippen molar-refractivity contribution in [3.8, 4) is 11.6 Å². The number of hydrogen-bond acceptors (Lipinski definition) is 6. The Bertz CT molecular complexity index is 855. The molecular weight excluding hydrogens is 312 g/mol. The van der Waals surface area contributed by atoms with Crippen LogP contribution in [0, 0.1) is 0 Å². The first-order valence-electron chi connectivity index (χ1n) is 7.18. The first-order valence-corrected chi connectivity index (χ1v) is 7.18. The molecule has 0 spiro atoms. The van der Waals surface area contributed by atoms with Crippen molar-refractivity contribution in [1.29, 1.82) is 0 Å². The molecule has 1 aromatic carbocycles. The van der Waals surface area contributed by atoms with E-state index in [-0.39, 0.29) is 24.3 Å². The van der Waals surface area contributed by atoms with Gasteiger partial charge in [-0.3, -0.25) is 9.59 Å². The van der Waals surface area contributed by atoms with E-state index in [2.05, 4.69) is 15.5 Å². The van der Waals surface area contributed by atoms with Gasteiger partial charge in [0.1, 0.15) is 0 Å². The lowest BCUT2D eigenvalue weighted by Crippen LogP contribution is -2.18. The lowest BCUT2D eigenvalue weighted by Gasteiger charge is -2.07. The van der Waals surface area contributed by atoms with E-state index < -0.39 is 5.91 Å². The number of benzene rings is 1. The highest BCUT2D eigenvalue weighted by molar-refractivity contribution is 6.02. The number of para-hydroxylation sites is 1. The fourth-order valence-electron chi connectivity index (χ4n) is 2.10. The molecule has 8 heteroatoms. The third-order valence-electron chi connectivity index (χ3n) is 3.24. The monoisotopic (exact) mass is 326 g/mol. The van der Waals surface area contributed by atoms with E-state index >= 15 is 0 Å². The minimum atomic E-state index is -0.606. The molecule has 2 aromatic heterocycles. The van der Waals surface area contributed by atoms with Crippen LogP contribution in [0.1, 0.15) is 22.7 Å². The number of aromatic nitrogens is 2. The molecule has 0 unspecified atom stereocenters. The molecule has 0 aliphatic carbocycles. The summed E-state index contributed by atoms with van der Waals surface area (Å²) in [5, 5.41) is 6.43. The van der Waals surface area contributed by atoms with E-state index in [1.54, 1.807) is 36.4 Å². The lowest BCUT2D eigenvalue weighted by atomic mass is 10.1. The average molecular weight is 326 g/mol. The van der Waals surface area contributed by atoms with Crippen molar-refractivity contribution in [1.82, 2.24) is 10.1 Å². The Morgan fingerprint density at radius 2 is 2.00 bits per heavy atom. The van der Waals surface area contributed by atoms with Crippen LogP contribution in [0.3, 0.4) is 0 Å². The van der Waals surface area contributed by atoms with Gasteiger partial charge in [0.05, 0.1) is 17.5 Å². The van der Waals surface area contributed by atoms with Crippen LogP contribution in [-0.2, 0) is 11.2 Å². The molecule has 2 heterocycles. The zero-order chi connectivity index (χ0) is 16.9. The molecule has 24 heavy (non-hydrogen) atoms. The van der Waals surface area contributed by atoms with Crippen LogP contribution in [0.25, 0.3) is 11.6 Å². The van der Waals surface area contributed by atoms with Crippen LogP contribution in [0.15, 0.2) is 51.6 Å². The van der Waals surface area contributed by atoms with E-state index in [0.717, 1.165) is 0 Å². The Hall–Kier alpha value is -3.42. The minimum Gasteiger partial charge on any atom is -0.461 e. The number of hydrogen-bond donors (Lipinski definition) is 2. The Labute approximate surface area is 136 Å². The van der Waals surface area contributed by atoms with E-state index in [0.29, 0.717) is 23.2 Å². The molecule has 2 amide bonds. The number of aryl methyl sites for hydroxylation is 1. The normalized spacial score (nSPS) is 10.5. The molecule has 0 aliphatic rings. The minimum absolute atomic E-state index is 0.118. The number of primary amides is 1. The first-order chi connectivity index (χ1) is 11.6. The summed E-state index contributed by atoms with van der Waals surface area (Å²) in [7, 11) is 0. The van der Waals surface area contributed by atoms with Gasteiger partial charge in [0.2, 0.25) is 17.6 Å². The highest BCUT2D eigenvalue weighted by Crippen LogP contribution is 2.17. The van der Waals surface area contributed by atoms with Gasteiger partial charge in [0, 0.05) is 12.8 Å². The standard InChI is InChI=1S/C16H14N4O4/c17-15(22)10-4-1-2-5-11(10)18-13(21)7-8-14-19-16(20-24-14)12-6-3-9-23-12/h1-6,9H,7-8H2,(H2,17,22)(H,18,21). The Morgan fingerprint density at radius 3 is 2.75 bits per heavy atom. The Morgan fingerprint density at radius 1 is 1.17 bits per heavy atom. The van der Waals surface area contributed by atoms with E-state index in [4.69, 9.17) is 14.7 Å². The first kappa shape index (κ1) is 15.5. The quantitative estimate of drug-likeness (QED) is 0.714. The molecular formula is C16H14N4O4. The van der Waals surface area contributed by atoms with Crippen LogP contribution >= 0.6 is 0 Å². The SMILES string of the molecule is NC(=O)c1ccccc1NC(=O)CCc1nc(-c2ccco2)no1. The predicted octanol–water partition coefficient (Wildman–Crippen LogP) is 2.00. The summed E-state index contributed by atoms with van der Waals surface area (Å²) in [5.41, 5.74) is 5.90. The molecule has 3 aromatic rings. The molecule has 0 fully saturated rings. The van der Waals surface area contributed by atoms with Crippen LogP contribution in [0.5, 0.6) is 0 Å². The number of nitrogens with two attached hydrogens (primary N) is 1. The molecule has 0 radical (unpaired) electrons. The largest absolute Gasteiger partial charge is 0.461 e. The van der Waals surface area contributed by atoms with Crippen LogP contribution < -0.4 is 11.1 Å². The Balaban J connectivity index is 1.59. The Kier molecular flexibility index (Phi) is 4.37. The third-order valence-corrected chi connectivity index (χ3v) is 3.24. The number of nitrogens with one attached hydrogen (secondary N) is 1. The number of rotatable bonds is 6. The molecule has 0 saturated heterocycles. The number of amides is 2. The number of anilines is 1. The number of carbonyl (C=O) groups is 2. The summed E-state index contributed by atoms with van der Waals surface area (Å²) in [6.07, 6.45) is 1.89. The van der Waals surface area contributed by atoms with Crippen LogP contribution in [0.2, 0.25) is 0 Å². The number of furan rings is 1. The average Bonchev–Trinajstić information content (AvgIpc) is 3.24. The second kappa shape index (κ2) is 6.78. The summed E-state index contributed by atoms with van der Waals surface area (Å²) in [6, 6.07) is 9.96. The van der Waals surface area contributed by atoms with Gasteiger partial charge in [0.15, 0.2) is 5.76 Å². The van der Waals surface area contributed by atoms with Gasteiger partial charge < -0.3 is 20.0 Å². The van der Waals surface area contributed by atoms with E-state index in [1.807, 2.05) is 0 Å². The fourth-order valence-corrected chi connectivity index (χ4v) is 2.10. The van der Waals surface area contributed by atoms with Crippen molar-refractivity contribution >= 4 is 17.5 Å². The van der Waals surface area contributed by atoms with Crippen molar-refractivity contribution < 1.29 is 18.5 Å². The van der Waals surface area contributed by atoms with Gasteiger partial charge in [-0.2, -0.15) is 4.98 Å². The van der Waals surface area contributed by atoms with Gasteiger partial charge in [-0.25, -0.2) is 0 Å². The zero-order valence-corrected chi connectivity index (χ0v) is 12.6. The summed E-state index contributed by atoms with van der Waals surface area (Å²) >= 11 is 0. The van der Waals surface area contributed by atoms with Gasteiger partial charge in [0.25, 0.3) is 5.91 Å². The van der Waals surface area contributed by atoms with Crippen LogP contribution in [0.4, 0.5) is 5.69 Å². The third kappa shape index (κ3) is 3.49. The summed E-state index contributed by atoms with van der Waals surface area (Å²) in [4.78, 5) is 27.5. The molecule has 122 valence electrons. The summed E-state index contributed by atoms with van der Waals surface area (Å²) in [5.74, 6) is 0.242. The summed E-state index contributed by atoms with van der Waals surface area (Å²) < 4.78 is 10.2. The predicted molar refractivity (Wildman–Crippen MR) is 83.9 cm³/mol. The zero-order valence-electron chi connectivity index (χ0n) is 12.6. The van der Waals surface area contributed by atoms with Crippen molar-refractivity contribution in [2.75, 3.05) is 5.32 Å². The maximum Gasteiger partial charge on any atom is 0.250 e. The number of carbonyl (C=O) groups excluding carboxylic acids is 2. The molecule has 3 rings (SSSR count). The summed E-state index contributed by atoms with van der Waals surface area (Å²) in [6.45, 7) is 0. The smallest absolute Gasteiger partial charge is 0.250 e. The van der Waals surface area contributed by atoms with Gasteiger partial charge in [-0.05, 0) is 24.3 Å². The highest BCUT2D eigenvalue weighted by Gasteiger charge is 2.14. The molecule has 8 nitrogen and oxygen atoms in total. The van der Waals surface area contributed by atoms with E-state index in [1.165, 1.54) is 6.26 Å². The van der Waals surface area contributed by atoms with E-state index in [9.17, 15) is 9.59 Å². The maximum absolute atomic E-state index is 12.0. The second-order valence-electron chi connectivity index (χ2n) is 4.95. The van der Waals surface area contributed by atoms with Crippen molar-refractivity contribution in [2.45, 2.75) is 12.8 Å². The molecule has 3 N–H and O–H groups in total. The van der Waals surface area contributed by atoms with Crippen molar-refractivity contribution in [2.24, 2.45) is 5.73 Å². The maximum atomic E-state index is 12.0. The second-order valence-corrected chi connectivity index (χ2v) is 4.95. The highest BCUT2D eigenvalue weighted by atomic mass is 16.5. The van der Waals surface area contributed by atoms with Gasteiger partial charge in [-0.15, -0.1) is 0 Å². The van der Waals surface area contributed by atoms with Gasteiger partial charge >= 0.3 is 0 Å². The van der Waals surface area contributed by atoms with Crippen LogP contribution in [-0.4, -0.2) is 22.0 Å². The lowest BCUT2D eigenvalue weighted by molar-refractivity contribution is -0.116. The fraction of sp³-hybridized carbons (Fsp3) is 0.125. The number of nitrogens with zero attached hydrogens (tertiary/aromatic N) is 2. The molecule has 0 bridgehead atoms.